The van der Waals surface area contributed by atoms with Crippen LogP contribution in [0.1, 0.15) is 51.5 Å². The molecule has 2 aliphatic heterocycles. The van der Waals surface area contributed by atoms with E-state index in [0.717, 1.165) is 50.9 Å². The van der Waals surface area contributed by atoms with Gasteiger partial charge in [0, 0.05) is 31.6 Å². The summed E-state index contributed by atoms with van der Waals surface area (Å²) in [5.74, 6) is 0.719. The Morgan fingerprint density at radius 3 is 2.58 bits per heavy atom. The third-order valence-electron chi connectivity index (χ3n) is 5.57. The Hall–Kier alpha value is -1.42. The van der Waals surface area contributed by atoms with Gasteiger partial charge in [0.2, 0.25) is 5.91 Å². The summed E-state index contributed by atoms with van der Waals surface area (Å²) in [4.78, 5) is 17.2. The Morgan fingerprint density at radius 1 is 1.12 bits per heavy atom. The van der Waals surface area contributed by atoms with Gasteiger partial charge in [0.05, 0.1) is 0 Å². The maximum atomic E-state index is 13.1. The molecular weight excluding hydrogens is 303 g/mol. The number of likely N-dealkylation sites (tertiary alicyclic amines) is 2. The smallest absolute Gasteiger partial charge is 0.223 e. The third kappa shape index (κ3) is 3.80. The second kappa shape index (κ2) is 7.22. The number of hydrogen-bond donors (Lipinski definition) is 0. The van der Waals surface area contributed by atoms with Crippen molar-refractivity contribution in [1.29, 1.82) is 0 Å². The molecular formula is C20H29FN2O. The molecule has 1 amide bonds. The number of benzene rings is 1. The van der Waals surface area contributed by atoms with Crippen molar-refractivity contribution >= 4 is 5.91 Å². The Kier molecular flexibility index (Phi) is 5.24. The number of hydrogen-bond acceptors (Lipinski definition) is 2. The average molecular weight is 332 g/mol. The van der Waals surface area contributed by atoms with Gasteiger partial charge in [0.15, 0.2) is 0 Å². The van der Waals surface area contributed by atoms with Gasteiger partial charge >= 0.3 is 0 Å². The summed E-state index contributed by atoms with van der Waals surface area (Å²) in [5.41, 5.74) is 1.03. The largest absolute Gasteiger partial charge is 0.333 e. The minimum absolute atomic E-state index is 0.0111. The van der Waals surface area contributed by atoms with Crippen LogP contribution in [0, 0.1) is 11.7 Å². The van der Waals surface area contributed by atoms with E-state index in [-0.39, 0.29) is 17.3 Å². The van der Waals surface area contributed by atoms with Gasteiger partial charge in [-0.2, -0.15) is 0 Å². The normalized spacial score (nSPS) is 25.7. The zero-order chi connectivity index (χ0) is 17.2. The molecule has 132 valence electrons. The topological polar surface area (TPSA) is 23.6 Å². The van der Waals surface area contributed by atoms with Crippen LogP contribution in [0.4, 0.5) is 4.39 Å². The lowest BCUT2D eigenvalue weighted by molar-refractivity contribution is -0.132. The van der Waals surface area contributed by atoms with E-state index in [9.17, 15) is 9.18 Å². The quantitative estimate of drug-likeness (QED) is 0.836. The first-order valence-corrected chi connectivity index (χ1v) is 9.26. The van der Waals surface area contributed by atoms with Crippen molar-refractivity contribution in [2.45, 2.75) is 58.0 Å². The molecule has 0 aliphatic carbocycles. The summed E-state index contributed by atoms with van der Waals surface area (Å²) >= 11 is 0. The molecule has 2 heterocycles. The van der Waals surface area contributed by atoms with Crippen LogP contribution in [-0.2, 0) is 11.3 Å². The van der Waals surface area contributed by atoms with Crippen LogP contribution in [0.15, 0.2) is 24.3 Å². The molecule has 3 rings (SSSR count). The molecule has 0 N–H and O–H groups in total. The zero-order valence-electron chi connectivity index (χ0n) is 14.9. The highest BCUT2D eigenvalue weighted by molar-refractivity contribution is 5.79. The molecule has 0 unspecified atom stereocenters. The predicted octanol–water partition coefficient (Wildman–Crippen LogP) is 3.83. The number of carbonyl (C=O) groups excluding carboxylic acids is 1. The number of nitrogens with zero attached hydrogens (tertiary/aromatic N) is 2. The van der Waals surface area contributed by atoms with Gasteiger partial charge in [-0.3, -0.25) is 4.79 Å². The van der Waals surface area contributed by atoms with E-state index in [0.29, 0.717) is 18.9 Å². The Bertz CT molecular complexity index is 572. The van der Waals surface area contributed by atoms with Crippen molar-refractivity contribution in [3.8, 4) is 0 Å². The Labute approximate surface area is 144 Å². The third-order valence-corrected chi connectivity index (χ3v) is 5.57. The van der Waals surface area contributed by atoms with Gasteiger partial charge in [-0.15, -0.1) is 0 Å². The molecule has 0 bridgehead atoms. The maximum absolute atomic E-state index is 13.1. The number of halogens is 1. The van der Waals surface area contributed by atoms with Gasteiger partial charge in [-0.05, 0) is 55.8 Å². The minimum atomic E-state index is -0.222. The molecule has 0 aromatic heterocycles. The van der Waals surface area contributed by atoms with Crippen LogP contribution in [0.2, 0.25) is 0 Å². The second-order valence-corrected chi connectivity index (χ2v) is 7.88. The Balaban J connectivity index is 1.73. The fraction of sp³-hybridized carbons (Fsp3) is 0.650. The molecule has 4 heteroatoms. The van der Waals surface area contributed by atoms with Gasteiger partial charge in [-0.1, -0.05) is 26.0 Å². The van der Waals surface area contributed by atoms with Crippen LogP contribution in [-0.4, -0.2) is 40.9 Å². The van der Waals surface area contributed by atoms with E-state index in [2.05, 4.69) is 23.6 Å². The molecule has 1 spiro atoms. The van der Waals surface area contributed by atoms with Crippen molar-refractivity contribution in [1.82, 2.24) is 9.80 Å². The standard InChI is InChI=1S/C20H29FN2O/c1-16(2)14-22-12-3-9-20(11-13-22)10-8-19(24)23(20)15-17-4-6-18(21)7-5-17/h4-7,16H,3,8-15H2,1-2H3/t20-/m1/s1. The fourth-order valence-electron chi connectivity index (χ4n) is 4.36. The lowest BCUT2D eigenvalue weighted by Crippen LogP contribution is -2.46. The van der Waals surface area contributed by atoms with E-state index in [1.165, 1.54) is 12.1 Å². The van der Waals surface area contributed by atoms with Crippen LogP contribution in [0.3, 0.4) is 0 Å². The summed E-state index contributed by atoms with van der Waals surface area (Å²) in [5, 5.41) is 0. The molecule has 0 radical (unpaired) electrons. The molecule has 2 saturated heterocycles. The predicted molar refractivity (Wildman–Crippen MR) is 94.0 cm³/mol. The highest BCUT2D eigenvalue weighted by atomic mass is 19.1. The van der Waals surface area contributed by atoms with Crippen LogP contribution in [0.25, 0.3) is 0 Å². The zero-order valence-corrected chi connectivity index (χ0v) is 14.9. The molecule has 0 saturated carbocycles. The van der Waals surface area contributed by atoms with Gasteiger partial charge in [0.25, 0.3) is 0 Å². The molecule has 2 aliphatic rings. The highest BCUT2D eigenvalue weighted by Gasteiger charge is 2.45. The van der Waals surface area contributed by atoms with Crippen molar-refractivity contribution in [2.24, 2.45) is 5.92 Å². The number of carbonyl (C=O) groups is 1. The van der Waals surface area contributed by atoms with Crippen LogP contribution < -0.4 is 0 Å². The molecule has 1 aromatic rings. The first kappa shape index (κ1) is 17.4. The van der Waals surface area contributed by atoms with Crippen molar-refractivity contribution in [3.63, 3.8) is 0 Å². The van der Waals surface area contributed by atoms with Crippen LogP contribution >= 0.6 is 0 Å². The highest BCUT2D eigenvalue weighted by Crippen LogP contribution is 2.40. The van der Waals surface area contributed by atoms with Crippen molar-refractivity contribution in [2.75, 3.05) is 19.6 Å². The second-order valence-electron chi connectivity index (χ2n) is 7.88. The maximum Gasteiger partial charge on any atom is 0.223 e. The number of rotatable bonds is 4. The molecule has 3 nitrogen and oxygen atoms in total. The Morgan fingerprint density at radius 2 is 1.88 bits per heavy atom. The molecule has 1 atom stereocenters. The lowest BCUT2D eigenvalue weighted by Gasteiger charge is -2.38. The molecule has 24 heavy (non-hydrogen) atoms. The SMILES string of the molecule is CC(C)CN1CCC[C@@]2(CCC(=O)N2Cc2ccc(F)cc2)CC1. The summed E-state index contributed by atoms with van der Waals surface area (Å²) < 4.78 is 13.1. The van der Waals surface area contributed by atoms with E-state index in [4.69, 9.17) is 0 Å². The molecule has 2 fully saturated rings. The lowest BCUT2D eigenvalue weighted by atomic mass is 9.87. The summed E-state index contributed by atoms with van der Waals surface area (Å²) in [6.45, 7) is 8.50. The summed E-state index contributed by atoms with van der Waals surface area (Å²) in [6, 6.07) is 6.58. The van der Waals surface area contributed by atoms with E-state index < -0.39 is 0 Å². The monoisotopic (exact) mass is 332 g/mol. The van der Waals surface area contributed by atoms with Gasteiger partial charge < -0.3 is 9.80 Å². The first-order chi connectivity index (χ1) is 11.5. The van der Waals surface area contributed by atoms with E-state index in [1.54, 1.807) is 12.1 Å². The molecule has 1 aromatic carbocycles. The van der Waals surface area contributed by atoms with Crippen molar-refractivity contribution < 1.29 is 9.18 Å². The van der Waals surface area contributed by atoms with Gasteiger partial charge in [-0.25, -0.2) is 4.39 Å². The fourth-order valence-corrected chi connectivity index (χ4v) is 4.36. The summed E-state index contributed by atoms with van der Waals surface area (Å²) in [6.07, 6.45) is 4.94. The van der Waals surface area contributed by atoms with Crippen molar-refractivity contribution in [3.05, 3.63) is 35.6 Å². The minimum Gasteiger partial charge on any atom is -0.333 e. The van der Waals surface area contributed by atoms with Gasteiger partial charge in [0.1, 0.15) is 5.82 Å². The summed E-state index contributed by atoms with van der Waals surface area (Å²) in [7, 11) is 0. The first-order valence-electron chi connectivity index (χ1n) is 9.26. The van der Waals surface area contributed by atoms with E-state index >= 15 is 0 Å². The average Bonchev–Trinajstić information content (AvgIpc) is 2.71. The van der Waals surface area contributed by atoms with Crippen LogP contribution in [0.5, 0.6) is 0 Å². The number of amides is 1. The van der Waals surface area contributed by atoms with E-state index in [1.807, 2.05) is 0 Å².